The number of aliphatic carboxylic acids is 1. The fourth-order valence-electron chi connectivity index (χ4n) is 1.03. The second-order valence-electron chi connectivity index (χ2n) is 3.53. The van der Waals surface area contributed by atoms with E-state index in [0.29, 0.717) is 0 Å². The summed E-state index contributed by atoms with van der Waals surface area (Å²) in [4.78, 5) is 32.4. The Bertz CT molecular complexity index is 263. The molecule has 15 heavy (non-hydrogen) atoms. The Labute approximate surface area is 88.0 Å². The van der Waals surface area contributed by atoms with Crippen LogP contribution in [0.1, 0.15) is 20.8 Å². The molecule has 0 aromatic rings. The third-order valence-corrected chi connectivity index (χ3v) is 1.72. The van der Waals surface area contributed by atoms with Crippen molar-refractivity contribution in [2.24, 2.45) is 5.92 Å². The molecule has 1 atom stereocenters. The maximum Gasteiger partial charge on any atom is 0.322 e. The van der Waals surface area contributed by atoms with Gasteiger partial charge in [-0.3, -0.25) is 14.4 Å². The molecule has 3 N–H and O–H groups in total. The molecule has 0 fully saturated rings. The minimum atomic E-state index is -1.12. The molecule has 2 amide bonds. The van der Waals surface area contributed by atoms with Gasteiger partial charge in [0.2, 0.25) is 11.8 Å². The third kappa shape index (κ3) is 5.66. The lowest BCUT2D eigenvalue weighted by Crippen LogP contribution is -2.50. The summed E-state index contributed by atoms with van der Waals surface area (Å²) < 4.78 is 0. The number of hydrogen-bond donors (Lipinski definition) is 3. The van der Waals surface area contributed by atoms with Gasteiger partial charge in [0.25, 0.3) is 0 Å². The lowest BCUT2D eigenvalue weighted by Gasteiger charge is -2.20. The first-order valence-corrected chi connectivity index (χ1v) is 4.61. The summed E-state index contributed by atoms with van der Waals surface area (Å²) in [6, 6.07) is -0.693. The molecule has 0 saturated heterocycles. The fraction of sp³-hybridized carbons (Fsp3) is 0.667. The SMILES string of the molecule is CC(=O)N[C@H](C(=O)NCC(=O)O)C(C)C. The van der Waals surface area contributed by atoms with Gasteiger partial charge in [0.15, 0.2) is 0 Å². The molecule has 0 aliphatic rings. The van der Waals surface area contributed by atoms with E-state index in [1.807, 2.05) is 0 Å². The maximum atomic E-state index is 11.4. The summed E-state index contributed by atoms with van der Waals surface area (Å²) in [5, 5.41) is 13.0. The molecular formula is C9H16N2O4. The van der Waals surface area contributed by atoms with Crippen molar-refractivity contribution in [2.45, 2.75) is 26.8 Å². The van der Waals surface area contributed by atoms with Gasteiger partial charge in [-0.25, -0.2) is 0 Å². The van der Waals surface area contributed by atoms with Crippen molar-refractivity contribution in [3.8, 4) is 0 Å². The average molecular weight is 216 g/mol. The molecular weight excluding hydrogens is 200 g/mol. The molecule has 6 heteroatoms. The molecule has 0 radical (unpaired) electrons. The van der Waals surface area contributed by atoms with Crippen LogP contribution in [0.2, 0.25) is 0 Å². The Morgan fingerprint density at radius 3 is 2.13 bits per heavy atom. The van der Waals surface area contributed by atoms with Crippen LogP contribution in [-0.2, 0) is 14.4 Å². The summed E-state index contributed by atoms with van der Waals surface area (Å²) in [5.41, 5.74) is 0. The molecule has 0 aliphatic heterocycles. The van der Waals surface area contributed by atoms with Crippen LogP contribution in [0.15, 0.2) is 0 Å². The van der Waals surface area contributed by atoms with Gasteiger partial charge < -0.3 is 15.7 Å². The van der Waals surface area contributed by atoms with Crippen molar-refractivity contribution in [1.29, 1.82) is 0 Å². The summed E-state index contributed by atoms with van der Waals surface area (Å²) in [7, 11) is 0. The number of carbonyl (C=O) groups excluding carboxylic acids is 2. The molecule has 0 heterocycles. The van der Waals surface area contributed by atoms with E-state index in [0.717, 1.165) is 0 Å². The van der Waals surface area contributed by atoms with Crippen LogP contribution in [-0.4, -0.2) is 35.5 Å². The molecule has 0 bridgehead atoms. The molecule has 0 unspecified atom stereocenters. The van der Waals surface area contributed by atoms with Gasteiger partial charge in [-0.1, -0.05) is 13.8 Å². The summed E-state index contributed by atoms with van der Waals surface area (Å²) in [5.74, 6) is -2.02. The van der Waals surface area contributed by atoms with Crippen LogP contribution < -0.4 is 10.6 Å². The van der Waals surface area contributed by atoms with E-state index < -0.39 is 24.5 Å². The Kier molecular flexibility index (Phi) is 5.36. The molecule has 0 rings (SSSR count). The average Bonchev–Trinajstić information content (AvgIpc) is 2.09. The molecule has 6 nitrogen and oxygen atoms in total. The molecule has 0 spiro atoms. The largest absolute Gasteiger partial charge is 0.480 e. The van der Waals surface area contributed by atoms with E-state index in [4.69, 9.17) is 5.11 Å². The monoisotopic (exact) mass is 216 g/mol. The highest BCUT2D eigenvalue weighted by molar-refractivity contribution is 5.88. The zero-order valence-electron chi connectivity index (χ0n) is 9.03. The summed E-state index contributed by atoms with van der Waals surface area (Å²) in [6.07, 6.45) is 0. The van der Waals surface area contributed by atoms with Crippen LogP contribution in [0.25, 0.3) is 0 Å². The summed E-state index contributed by atoms with van der Waals surface area (Å²) >= 11 is 0. The van der Waals surface area contributed by atoms with E-state index in [2.05, 4.69) is 10.6 Å². The first-order valence-electron chi connectivity index (χ1n) is 4.61. The molecule has 86 valence electrons. The predicted octanol–water partition coefficient (Wildman–Crippen LogP) is -0.652. The number of amides is 2. The Balaban J connectivity index is 4.29. The van der Waals surface area contributed by atoms with Crippen LogP contribution in [0, 0.1) is 5.92 Å². The second kappa shape index (κ2) is 6.00. The highest BCUT2D eigenvalue weighted by Gasteiger charge is 2.22. The van der Waals surface area contributed by atoms with E-state index in [1.165, 1.54) is 6.92 Å². The lowest BCUT2D eigenvalue weighted by atomic mass is 10.0. The molecule has 0 aliphatic carbocycles. The van der Waals surface area contributed by atoms with Gasteiger partial charge in [-0.05, 0) is 5.92 Å². The van der Waals surface area contributed by atoms with Gasteiger partial charge >= 0.3 is 5.97 Å². The smallest absolute Gasteiger partial charge is 0.322 e. The zero-order valence-corrected chi connectivity index (χ0v) is 9.03. The Morgan fingerprint density at radius 2 is 1.80 bits per heavy atom. The highest BCUT2D eigenvalue weighted by atomic mass is 16.4. The first-order chi connectivity index (χ1) is 6.84. The quantitative estimate of drug-likeness (QED) is 0.569. The number of carboxylic acid groups (broad SMARTS) is 1. The molecule has 0 saturated carbocycles. The van der Waals surface area contributed by atoms with Crippen LogP contribution in [0.3, 0.4) is 0 Å². The predicted molar refractivity (Wildman–Crippen MR) is 53.1 cm³/mol. The van der Waals surface area contributed by atoms with E-state index in [1.54, 1.807) is 13.8 Å². The van der Waals surface area contributed by atoms with E-state index in [-0.39, 0.29) is 11.8 Å². The number of hydrogen-bond acceptors (Lipinski definition) is 3. The minimum Gasteiger partial charge on any atom is -0.480 e. The van der Waals surface area contributed by atoms with Crippen molar-refractivity contribution in [1.82, 2.24) is 10.6 Å². The van der Waals surface area contributed by atoms with Gasteiger partial charge in [0.1, 0.15) is 12.6 Å². The van der Waals surface area contributed by atoms with Crippen molar-refractivity contribution in [2.75, 3.05) is 6.54 Å². The molecule has 0 aromatic carbocycles. The number of carbonyl (C=O) groups is 3. The number of nitrogens with one attached hydrogen (secondary N) is 2. The zero-order chi connectivity index (χ0) is 12.0. The van der Waals surface area contributed by atoms with Crippen LogP contribution >= 0.6 is 0 Å². The van der Waals surface area contributed by atoms with Crippen LogP contribution in [0.5, 0.6) is 0 Å². The van der Waals surface area contributed by atoms with E-state index in [9.17, 15) is 14.4 Å². The Morgan fingerprint density at radius 1 is 1.27 bits per heavy atom. The number of carboxylic acids is 1. The fourth-order valence-corrected chi connectivity index (χ4v) is 1.03. The lowest BCUT2D eigenvalue weighted by molar-refractivity contribution is -0.138. The number of rotatable bonds is 5. The van der Waals surface area contributed by atoms with E-state index >= 15 is 0 Å². The van der Waals surface area contributed by atoms with Crippen molar-refractivity contribution >= 4 is 17.8 Å². The standard InChI is InChI=1S/C9H16N2O4/c1-5(2)8(11-6(3)12)9(15)10-4-7(13)14/h5,8H,4H2,1-3H3,(H,10,15)(H,11,12)(H,13,14)/t8-/m0/s1. The summed E-state index contributed by atoms with van der Waals surface area (Å²) in [6.45, 7) is 4.39. The normalized spacial score (nSPS) is 12.0. The van der Waals surface area contributed by atoms with Gasteiger partial charge in [-0.2, -0.15) is 0 Å². The topological polar surface area (TPSA) is 95.5 Å². The minimum absolute atomic E-state index is 0.0947. The molecule has 0 aromatic heterocycles. The van der Waals surface area contributed by atoms with Gasteiger partial charge in [-0.15, -0.1) is 0 Å². The van der Waals surface area contributed by atoms with Gasteiger partial charge in [0.05, 0.1) is 0 Å². The van der Waals surface area contributed by atoms with Crippen molar-refractivity contribution < 1.29 is 19.5 Å². The second-order valence-corrected chi connectivity index (χ2v) is 3.53. The Hall–Kier alpha value is -1.59. The first kappa shape index (κ1) is 13.4. The highest BCUT2D eigenvalue weighted by Crippen LogP contribution is 2.01. The van der Waals surface area contributed by atoms with Crippen molar-refractivity contribution in [3.05, 3.63) is 0 Å². The van der Waals surface area contributed by atoms with Crippen LogP contribution in [0.4, 0.5) is 0 Å². The van der Waals surface area contributed by atoms with Crippen molar-refractivity contribution in [3.63, 3.8) is 0 Å². The van der Waals surface area contributed by atoms with Gasteiger partial charge in [0, 0.05) is 6.92 Å². The maximum absolute atomic E-state index is 11.4. The third-order valence-electron chi connectivity index (χ3n) is 1.72.